The molecule has 0 fully saturated rings. The summed E-state index contributed by atoms with van der Waals surface area (Å²) in [5.41, 5.74) is 0.317. The maximum absolute atomic E-state index is 12.5. The quantitative estimate of drug-likeness (QED) is 0.936. The number of aromatic nitrogens is 3. The predicted molar refractivity (Wildman–Crippen MR) is 66.8 cm³/mol. The summed E-state index contributed by atoms with van der Waals surface area (Å²) in [6, 6.07) is 1.99. The summed E-state index contributed by atoms with van der Waals surface area (Å²) < 4.78 is 37.5. The molecule has 1 N–H and O–H groups in total. The van der Waals surface area contributed by atoms with E-state index in [2.05, 4.69) is 20.3 Å². The smallest absolute Gasteiger partial charge is 0.304 e. The lowest BCUT2D eigenvalue weighted by Gasteiger charge is -2.17. The van der Waals surface area contributed by atoms with Crippen LogP contribution >= 0.6 is 0 Å². The van der Waals surface area contributed by atoms with Gasteiger partial charge in [-0.25, -0.2) is 0 Å². The van der Waals surface area contributed by atoms with Crippen LogP contribution in [-0.2, 0) is 6.18 Å². The van der Waals surface area contributed by atoms with E-state index >= 15 is 0 Å². The molecule has 0 aliphatic rings. The molecule has 20 heavy (non-hydrogen) atoms. The molecule has 2 aromatic rings. The molecule has 1 atom stereocenters. The Morgan fingerprint density at radius 3 is 2.40 bits per heavy atom. The van der Waals surface area contributed by atoms with Crippen LogP contribution in [-0.4, -0.2) is 21.5 Å². The lowest BCUT2D eigenvalue weighted by Crippen LogP contribution is -2.24. The Kier molecular flexibility index (Phi) is 4.29. The first-order valence-electron chi connectivity index (χ1n) is 6.05. The van der Waals surface area contributed by atoms with Gasteiger partial charge in [0.15, 0.2) is 0 Å². The fraction of sp³-hybridized carbons (Fsp3) is 0.308. The van der Waals surface area contributed by atoms with Crippen molar-refractivity contribution in [2.45, 2.75) is 19.1 Å². The van der Waals surface area contributed by atoms with Crippen LogP contribution in [0.4, 0.5) is 13.2 Å². The van der Waals surface area contributed by atoms with Crippen molar-refractivity contribution in [2.75, 3.05) is 6.54 Å². The number of alkyl halides is 3. The number of rotatable bonds is 4. The molecule has 4 nitrogen and oxygen atoms in total. The first-order chi connectivity index (χ1) is 9.52. The number of nitrogens with zero attached hydrogens (tertiary/aromatic N) is 3. The second-order valence-electron chi connectivity index (χ2n) is 4.09. The Morgan fingerprint density at radius 1 is 1.10 bits per heavy atom. The molecule has 0 radical (unpaired) electrons. The van der Waals surface area contributed by atoms with Gasteiger partial charge in [0.05, 0.1) is 29.2 Å². The van der Waals surface area contributed by atoms with Crippen molar-refractivity contribution in [3.8, 4) is 0 Å². The van der Waals surface area contributed by atoms with Crippen molar-refractivity contribution in [3.63, 3.8) is 0 Å². The van der Waals surface area contributed by atoms with Crippen molar-refractivity contribution in [1.82, 2.24) is 20.3 Å². The molecule has 0 spiro atoms. The van der Waals surface area contributed by atoms with Crippen molar-refractivity contribution >= 4 is 0 Å². The average molecular weight is 282 g/mol. The Hall–Kier alpha value is -2.02. The molecule has 0 aromatic carbocycles. The molecule has 1 unspecified atom stereocenters. The minimum atomic E-state index is -4.38. The van der Waals surface area contributed by atoms with Crippen molar-refractivity contribution in [2.24, 2.45) is 0 Å². The van der Waals surface area contributed by atoms with Crippen molar-refractivity contribution < 1.29 is 13.2 Å². The van der Waals surface area contributed by atoms with E-state index in [9.17, 15) is 13.2 Å². The lowest BCUT2D eigenvalue weighted by atomic mass is 10.1. The molecule has 106 valence electrons. The van der Waals surface area contributed by atoms with Gasteiger partial charge in [-0.15, -0.1) is 0 Å². The van der Waals surface area contributed by atoms with Gasteiger partial charge in [-0.2, -0.15) is 13.2 Å². The number of hydrogen-bond acceptors (Lipinski definition) is 4. The molecule has 0 saturated heterocycles. The highest BCUT2D eigenvalue weighted by molar-refractivity contribution is 5.24. The number of halogens is 3. The summed E-state index contributed by atoms with van der Waals surface area (Å²) in [5.74, 6) is 0. The molecule has 0 bridgehead atoms. The van der Waals surface area contributed by atoms with Gasteiger partial charge in [0.1, 0.15) is 0 Å². The molecule has 2 aromatic heterocycles. The summed E-state index contributed by atoms with van der Waals surface area (Å²) in [7, 11) is 0. The third kappa shape index (κ3) is 3.30. The van der Waals surface area contributed by atoms with Crippen LogP contribution in [0.2, 0.25) is 0 Å². The highest BCUT2D eigenvalue weighted by Gasteiger charge is 2.31. The van der Waals surface area contributed by atoms with E-state index in [0.29, 0.717) is 17.9 Å². The number of nitrogens with one attached hydrogen (secondary N) is 1. The summed E-state index contributed by atoms with van der Waals surface area (Å²) in [5, 5.41) is 3.13. The second-order valence-corrected chi connectivity index (χ2v) is 4.09. The average Bonchev–Trinajstić information content (AvgIpc) is 2.45. The first kappa shape index (κ1) is 14.4. The van der Waals surface area contributed by atoms with Gasteiger partial charge in [0, 0.05) is 18.6 Å². The summed E-state index contributed by atoms with van der Waals surface area (Å²) >= 11 is 0. The van der Waals surface area contributed by atoms with Crippen molar-refractivity contribution in [1.29, 1.82) is 0 Å². The molecule has 0 amide bonds. The molecule has 2 rings (SSSR count). The zero-order chi connectivity index (χ0) is 14.6. The van der Waals surface area contributed by atoms with Crippen LogP contribution in [0.1, 0.15) is 29.9 Å². The minimum absolute atomic E-state index is 0.379. The topological polar surface area (TPSA) is 50.7 Å². The fourth-order valence-electron chi connectivity index (χ4n) is 1.77. The van der Waals surface area contributed by atoms with E-state index in [1.807, 2.05) is 6.92 Å². The molecular weight excluding hydrogens is 269 g/mol. The SMILES string of the molecule is CCNC(c1ccc(C(F)(F)F)cn1)c1cnccn1. The van der Waals surface area contributed by atoms with Crippen LogP contribution in [0, 0.1) is 0 Å². The highest BCUT2D eigenvalue weighted by Crippen LogP contribution is 2.29. The maximum Gasteiger partial charge on any atom is 0.417 e. The zero-order valence-corrected chi connectivity index (χ0v) is 10.7. The van der Waals surface area contributed by atoms with Gasteiger partial charge >= 0.3 is 6.18 Å². The molecule has 2 heterocycles. The van der Waals surface area contributed by atoms with Gasteiger partial charge in [-0.05, 0) is 18.7 Å². The normalized spacial score (nSPS) is 13.2. The molecule has 7 heteroatoms. The monoisotopic (exact) mass is 282 g/mol. The number of hydrogen-bond donors (Lipinski definition) is 1. The van der Waals surface area contributed by atoms with E-state index < -0.39 is 11.7 Å². The van der Waals surface area contributed by atoms with Gasteiger partial charge in [0.25, 0.3) is 0 Å². The van der Waals surface area contributed by atoms with Crippen LogP contribution in [0.25, 0.3) is 0 Å². The zero-order valence-electron chi connectivity index (χ0n) is 10.7. The summed E-state index contributed by atoms with van der Waals surface area (Å²) in [6.45, 7) is 2.53. The largest absolute Gasteiger partial charge is 0.417 e. The highest BCUT2D eigenvalue weighted by atomic mass is 19.4. The van der Waals surface area contributed by atoms with Crippen LogP contribution < -0.4 is 5.32 Å². The standard InChI is InChI=1S/C13H13F3N4/c1-2-18-12(11-8-17-5-6-19-11)10-4-3-9(7-20-10)13(14,15)16/h3-8,12,18H,2H2,1H3. The van der Waals surface area contributed by atoms with Crippen LogP contribution in [0.5, 0.6) is 0 Å². The third-order valence-corrected chi connectivity index (χ3v) is 2.70. The summed E-state index contributed by atoms with van der Waals surface area (Å²) in [6.07, 6.45) is 1.07. The summed E-state index contributed by atoms with van der Waals surface area (Å²) in [4.78, 5) is 12.0. The van der Waals surface area contributed by atoms with Gasteiger partial charge in [-0.3, -0.25) is 15.0 Å². The van der Waals surface area contributed by atoms with Gasteiger partial charge in [0.2, 0.25) is 0 Å². The lowest BCUT2D eigenvalue weighted by molar-refractivity contribution is -0.137. The predicted octanol–water partition coefficient (Wildman–Crippen LogP) is 2.59. The molecule has 0 aliphatic heterocycles. The van der Waals surface area contributed by atoms with Gasteiger partial charge in [-0.1, -0.05) is 6.92 Å². The maximum atomic E-state index is 12.5. The third-order valence-electron chi connectivity index (χ3n) is 2.70. The van der Waals surface area contributed by atoms with E-state index in [1.54, 1.807) is 6.20 Å². The Labute approximate surface area is 114 Å². The Bertz CT molecular complexity index is 540. The van der Waals surface area contributed by atoms with Crippen LogP contribution in [0.3, 0.4) is 0 Å². The van der Waals surface area contributed by atoms with E-state index in [1.165, 1.54) is 18.5 Å². The first-order valence-corrected chi connectivity index (χ1v) is 6.05. The molecule has 0 aliphatic carbocycles. The Morgan fingerprint density at radius 2 is 1.90 bits per heavy atom. The number of pyridine rings is 1. The Balaban J connectivity index is 2.31. The molecule has 0 saturated carbocycles. The van der Waals surface area contributed by atoms with E-state index in [4.69, 9.17) is 0 Å². The van der Waals surface area contributed by atoms with Gasteiger partial charge < -0.3 is 5.32 Å². The van der Waals surface area contributed by atoms with Crippen LogP contribution in [0.15, 0.2) is 36.9 Å². The van der Waals surface area contributed by atoms with E-state index in [-0.39, 0.29) is 6.04 Å². The van der Waals surface area contributed by atoms with E-state index in [0.717, 1.165) is 12.3 Å². The van der Waals surface area contributed by atoms with Crippen molar-refractivity contribution in [3.05, 3.63) is 53.9 Å². The minimum Gasteiger partial charge on any atom is -0.304 e. The second kappa shape index (κ2) is 5.96. The fourth-order valence-corrected chi connectivity index (χ4v) is 1.77. The molecular formula is C13H13F3N4.